The van der Waals surface area contributed by atoms with Crippen LogP contribution in [0.4, 0.5) is 11.5 Å². The zero-order valence-corrected chi connectivity index (χ0v) is 17.2. The Morgan fingerprint density at radius 2 is 1.66 bits per heavy atom. The molecule has 0 bridgehead atoms. The molecule has 1 aromatic heterocycles. The molecule has 0 amide bonds. The molecule has 0 saturated carbocycles. The van der Waals surface area contributed by atoms with Gasteiger partial charge in [-0.15, -0.1) is 0 Å². The average molecular weight is 410 g/mol. The Labute approximate surface area is 175 Å². The van der Waals surface area contributed by atoms with Crippen molar-refractivity contribution in [2.24, 2.45) is 0 Å². The smallest absolute Gasteiger partial charge is 0.341 e. The van der Waals surface area contributed by atoms with E-state index in [1.54, 1.807) is 0 Å². The van der Waals surface area contributed by atoms with Gasteiger partial charge >= 0.3 is 5.97 Å². The topological polar surface area (TPSA) is 48.6 Å². The number of nitrogens with zero attached hydrogens (tertiary/aromatic N) is 2. The number of nitrogens with one attached hydrogen (secondary N) is 1. The number of aromatic nitrogens is 1. The Kier molecular flexibility index (Phi) is 5.76. The van der Waals surface area contributed by atoms with Crippen molar-refractivity contribution in [3.05, 3.63) is 71.2 Å². The van der Waals surface area contributed by atoms with E-state index in [0.717, 1.165) is 43.3 Å². The van der Waals surface area contributed by atoms with Crippen molar-refractivity contribution in [3.63, 3.8) is 0 Å². The highest BCUT2D eigenvalue weighted by atomic mass is 35.5. The number of halogens is 1. The molecule has 0 atom stereocenters. The molecule has 2 heterocycles. The third-order valence-electron chi connectivity index (χ3n) is 5.16. The van der Waals surface area contributed by atoms with Crippen LogP contribution in [0.25, 0.3) is 11.3 Å². The molecule has 1 aliphatic rings. The minimum atomic E-state index is -0.301. The maximum absolute atomic E-state index is 12.6. The van der Waals surface area contributed by atoms with E-state index in [1.807, 2.05) is 43.3 Å². The first kappa shape index (κ1) is 19.4. The molecule has 0 spiro atoms. The molecule has 5 nitrogen and oxygen atoms in total. The Bertz CT molecular complexity index is 962. The van der Waals surface area contributed by atoms with Crippen LogP contribution < -0.4 is 9.80 Å². The lowest BCUT2D eigenvalue weighted by Crippen LogP contribution is -2.47. The standard InChI is InChI=1S/C23H24ClN3O2/c1-2-29-23(28)20-16-21(17-8-10-18(24)11-9-17)25-22(20)27-14-12-26(13-15-27)19-6-4-3-5-7-19/h3-11,16,25H,2,12-15H2,1H3. The number of H-pyrrole nitrogens is 1. The van der Waals surface area contributed by atoms with Gasteiger partial charge in [-0.3, -0.25) is 0 Å². The van der Waals surface area contributed by atoms with E-state index >= 15 is 0 Å². The summed E-state index contributed by atoms with van der Waals surface area (Å²) in [6.07, 6.45) is 0. The number of aromatic amines is 1. The van der Waals surface area contributed by atoms with Gasteiger partial charge in [-0.1, -0.05) is 41.9 Å². The summed E-state index contributed by atoms with van der Waals surface area (Å²) in [4.78, 5) is 20.6. The quantitative estimate of drug-likeness (QED) is 0.612. The molecule has 29 heavy (non-hydrogen) atoms. The van der Waals surface area contributed by atoms with Crippen LogP contribution >= 0.6 is 11.6 Å². The molecule has 0 unspecified atom stereocenters. The number of benzene rings is 2. The molecule has 3 aromatic rings. The first-order chi connectivity index (χ1) is 14.2. The predicted octanol–water partition coefficient (Wildman–Crippen LogP) is 4.84. The lowest BCUT2D eigenvalue weighted by Gasteiger charge is -2.37. The first-order valence-electron chi connectivity index (χ1n) is 9.86. The minimum Gasteiger partial charge on any atom is -0.462 e. The van der Waals surface area contributed by atoms with Gasteiger partial charge in [0.05, 0.1) is 6.61 Å². The molecular weight excluding hydrogens is 386 g/mol. The van der Waals surface area contributed by atoms with E-state index in [4.69, 9.17) is 16.3 Å². The van der Waals surface area contributed by atoms with E-state index in [-0.39, 0.29) is 5.97 Å². The highest BCUT2D eigenvalue weighted by molar-refractivity contribution is 6.30. The highest BCUT2D eigenvalue weighted by Crippen LogP contribution is 2.30. The second-order valence-corrected chi connectivity index (χ2v) is 7.42. The number of carbonyl (C=O) groups excluding carboxylic acids is 1. The van der Waals surface area contributed by atoms with Crippen LogP contribution in [-0.4, -0.2) is 43.7 Å². The fourth-order valence-electron chi connectivity index (χ4n) is 3.67. The second-order valence-electron chi connectivity index (χ2n) is 6.98. The van der Waals surface area contributed by atoms with Gasteiger partial charge in [0.2, 0.25) is 0 Å². The summed E-state index contributed by atoms with van der Waals surface area (Å²) in [7, 11) is 0. The van der Waals surface area contributed by atoms with Crippen molar-refractivity contribution in [3.8, 4) is 11.3 Å². The molecule has 0 radical (unpaired) electrons. The number of hydrogen-bond donors (Lipinski definition) is 1. The van der Waals surface area contributed by atoms with Crippen molar-refractivity contribution in [2.75, 3.05) is 42.6 Å². The van der Waals surface area contributed by atoms with Crippen molar-refractivity contribution < 1.29 is 9.53 Å². The molecule has 0 aliphatic carbocycles. The zero-order chi connectivity index (χ0) is 20.2. The van der Waals surface area contributed by atoms with Crippen LogP contribution in [0.1, 0.15) is 17.3 Å². The number of ether oxygens (including phenoxy) is 1. The summed E-state index contributed by atoms with van der Waals surface area (Å²) in [5.41, 5.74) is 3.66. The minimum absolute atomic E-state index is 0.301. The summed E-state index contributed by atoms with van der Waals surface area (Å²) in [6, 6.07) is 19.9. The summed E-state index contributed by atoms with van der Waals surface area (Å²) in [5, 5.41) is 0.683. The Hall–Kier alpha value is -2.92. The van der Waals surface area contributed by atoms with Gasteiger partial charge in [0, 0.05) is 42.6 Å². The van der Waals surface area contributed by atoms with Crippen LogP contribution in [0.2, 0.25) is 5.02 Å². The summed E-state index contributed by atoms with van der Waals surface area (Å²) in [6.45, 7) is 5.59. The van der Waals surface area contributed by atoms with Gasteiger partial charge in [0.15, 0.2) is 0 Å². The lowest BCUT2D eigenvalue weighted by molar-refractivity contribution is 0.0527. The number of rotatable bonds is 5. The second kappa shape index (κ2) is 8.62. The molecule has 150 valence electrons. The number of anilines is 2. The van der Waals surface area contributed by atoms with Crippen LogP contribution in [0.15, 0.2) is 60.7 Å². The fraction of sp³-hybridized carbons (Fsp3) is 0.261. The molecular formula is C23H24ClN3O2. The fourth-order valence-corrected chi connectivity index (χ4v) is 3.80. The first-order valence-corrected chi connectivity index (χ1v) is 10.2. The molecule has 1 fully saturated rings. The van der Waals surface area contributed by atoms with Gasteiger partial charge in [0.1, 0.15) is 11.4 Å². The van der Waals surface area contributed by atoms with Crippen molar-refractivity contribution >= 4 is 29.1 Å². The van der Waals surface area contributed by atoms with Crippen molar-refractivity contribution in [2.45, 2.75) is 6.92 Å². The number of carbonyl (C=O) groups is 1. The van der Waals surface area contributed by atoms with E-state index < -0.39 is 0 Å². The number of piperazine rings is 1. The molecule has 1 saturated heterocycles. The molecule has 1 N–H and O–H groups in total. The maximum atomic E-state index is 12.6. The van der Waals surface area contributed by atoms with Crippen molar-refractivity contribution in [1.82, 2.24) is 4.98 Å². The number of para-hydroxylation sites is 1. The highest BCUT2D eigenvalue weighted by Gasteiger charge is 2.25. The SMILES string of the molecule is CCOC(=O)c1cc(-c2ccc(Cl)cc2)[nH]c1N1CCN(c2ccccc2)CC1. The Balaban J connectivity index is 1.58. The van der Waals surface area contributed by atoms with E-state index in [1.165, 1.54) is 5.69 Å². The van der Waals surface area contributed by atoms with Crippen LogP contribution in [0, 0.1) is 0 Å². The number of hydrogen-bond acceptors (Lipinski definition) is 4. The summed E-state index contributed by atoms with van der Waals surface area (Å²) >= 11 is 6.02. The largest absolute Gasteiger partial charge is 0.462 e. The zero-order valence-electron chi connectivity index (χ0n) is 16.4. The molecule has 1 aliphatic heterocycles. The summed E-state index contributed by atoms with van der Waals surface area (Å²) < 4.78 is 5.30. The number of esters is 1. The third kappa shape index (κ3) is 4.25. The molecule has 4 rings (SSSR count). The maximum Gasteiger partial charge on any atom is 0.341 e. The lowest BCUT2D eigenvalue weighted by atomic mass is 10.1. The van der Waals surface area contributed by atoms with Crippen molar-refractivity contribution in [1.29, 1.82) is 0 Å². The molecule has 2 aromatic carbocycles. The molecule has 6 heteroatoms. The van der Waals surface area contributed by atoms with Crippen LogP contribution in [0.3, 0.4) is 0 Å². The summed E-state index contributed by atoms with van der Waals surface area (Å²) in [5.74, 6) is 0.519. The van der Waals surface area contributed by atoms with E-state index in [2.05, 4.69) is 39.0 Å². The van der Waals surface area contributed by atoms with E-state index in [0.29, 0.717) is 17.2 Å². The van der Waals surface area contributed by atoms with Gasteiger partial charge < -0.3 is 19.5 Å². The predicted molar refractivity (Wildman–Crippen MR) is 118 cm³/mol. The Morgan fingerprint density at radius 1 is 1.00 bits per heavy atom. The van der Waals surface area contributed by atoms with Gasteiger partial charge in [-0.05, 0) is 42.8 Å². The van der Waals surface area contributed by atoms with Gasteiger partial charge in [0.25, 0.3) is 0 Å². The average Bonchev–Trinajstić information content (AvgIpc) is 3.21. The van der Waals surface area contributed by atoms with Gasteiger partial charge in [-0.25, -0.2) is 4.79 Å². The normalized spacial score (nSPS) is 14.1. The third-order valence-corrected chi connectivity index (χ3v) is 5.42. The Morgan fingerprint density at radius 3 is 2.31 bits per heavy atom. The van der Waals surface area contributed by atoms with E-state index in [9.17, 15) is 4.79 Å². The van der Waals surface area contributed by atoms with Crippen LogP contribution in [0.5, 0.6) is 0 Å². The van der Waals surface area contributed by atoms with Crippen LogP contribution in [-0.2, 0) is 4.74 Å². The monoisotopic (exact) mass is 409 g/mol. The van der Waals surface area contributed by atoms with Gasteiger partial charge in [-0.2, -0.15) is 0 Å².